The minimum atomic E-state index is -1.05. The molecule has 0 amide bonds. The zero-order valence-corrected chi connectivity index (χ0v) is 13.1. The SMILES string of the molecule is CC(=O)OC[C@H](C[C@@H](O)COC(=O)c1ccccc1)OC(C)=O. The number of rotatable bonds is 8. The molecule has 0 bridgehead atoms. The van der Waals surface area contributed by atoms with E-state index >= 15 is 0 Å². The number of esters is 3. The van der Waals surface area contributed by atoms with Gasteiger partial charge in [0.05, 0.1) is 11.7 Å². The van der Waals surface area contributed by atoms with Gasteiger partial charge >= 0.3 is 17.9 Å². The molecule has 0 fully saturated rings. The van der Waals surface area contributed by atoms with Gasteiger partial charge in [-0.3, -0.25) is 9.59 Å². The second-order valence-electron chi connectivity index (χ2n) is 4.89. The molecule has 0 saturated heterocycles. The summed E-state index contributed by atoms with van der Waals surface area (Å²) >= 11 is 0. The Kier molecular flexibility index (Phi) is 7.76. The summed E-state index contributed by atoms with van der Waals surface area (Å²) in [4.78, 5) is 33.5. The summed E-state index contributed by atoms with van der Waals surface area (Å²) < 4.78 is 14.7. The van der Waals surface area contributed by atoms with Crippen LogP contribution in [0.1, 0.15) is 30.6 Å². The van der Waals surface area contributed by atoms with E-state index in [1.807, 2.05) is 0 Å². The Morgan fingerprint density at radius 3 is 2.22 bits per heavy atom. The van der Waals surface area contributed by atoms with Crippen molar-refractivity contribution in [1.82, 2.24) is 0 Å². The first-order valence-corrected chi connectivity index (χ1v) is 7.09. The third kappa shape index (κ3) is 7.96. The zero-order chi connectivity index (χ0) is 17.2. The highest BCUT2D eigenvalue weighted by molar-refractivity contribution is 5.89. The Hall–Kier alpha value is -2.41. The molecule has 0 heterocycles. The molecule has 0 aliphatic carbocycles. The Balaban J connectivity index is 2.44. The zero-order valence-electron chi connectivity index (χ0n) is 13.1. The van der Waals surface area contributed by atoms with Crippen LogP contribution < -0.4 is 0 Å². The van der Waals surface area contributed by atoms with Crippen LogP contribution in [0.15, 0.2) is 30.3 Å². The maximum absolute atomic E-state index is 11.7. The van der Waals surface area contributed by atoms with Gasteiger partial charge in [-0.15, -0.1) is 0 Å². The van der Waals surface area contributed by atoms with Gasteiger partial charge in [0, 0.05) is 20.3 Å². The first-order valence-electron chi connectivity index (χ1n) is 7.09. The van der Waals surface area contributed by atoms with Crippen molar-refractivity contribution in [2.75, 3.05) is 13.2 Å². The van der Waals surface area contributed by atoms with E-state index in [0.717, 1.165) is 0 Å². The fourth-order valence-corrected chi connectivity index (χ4v) is 1.80. The second-order valence-corrected chi connectivity index (χ2v) is 4.89. The van der Waals surface area contributed by atoms with Crippen molar-refractivity contribution in [3.63, 3.8) is 0 Å². The number of ether oxygens (including phenoxy) is 3. The minimum Gasteiger partial charge on any atom is -0.462 e. The maximum Gasteiger partial charge on any atom is 0.338 e. The van der Waals surface area contributed by atoms with Crippen molar-refractivity contribution in [3.8, 4) is 0 Å². The highest BCUT2D eigenvalue weighted by Crippen LogP contribution is 2.08. The molecule has 1 rings (SSSR count). The van der Waals surface area contributed by atoms with Crippen molar-refractivity contribution in [2.24, 2.45) is 0 Å². The summed E-state index contributed by atoms with van der Waals surface area (Å²) in [6.45, 7) is 2.01. The van der Waals surface area contributed by atoms with Crippen molar-refractivity contribution in [1.29, 1.82) is 0 Å². The van der Waals surface area contributed by atoms with Gasteiger partial charge in [-0.25, -0.2) is 4.79 Å². The molecule has 7 heteroatoms. The largest absolute Gasteiger partial charge is 0.462 e. The molecule has 0 radical (unpaired) electrons. The van der Waals surface area contributed by atoms with Gasteiger partial charge in [-0.05, 0) is 12.1 Å². The van der Waals surface area contributed by atoms with E-state index < -0.39 is 30.1 Å². The van der Waals surface area contributed by atoms with E-state index in [-0.39, 0.29) is 19.6 Å². The molecular weight excluding hydrogens is 304 g/mol. The number of aliphatic hydroxyl groups is 1. The van der Waals surface area contributed by atoms with E-state index in [1.165, 1.54) is 13.8 Å². The van der Waals surface area contributed by atoms with Gasteiger partial charge in [0.2, 0.25) is 0 Å². The average Bonchev–Trinajstić information content (AvgIpc) is 2.50. The molecule has 1 N–H and O–H groups in total. The lowest BCUT2D eigenvalue weighted by molar-refractivity contribution is -0.158. The highest BCUT2D eigenvalue weighted by atomic mass is 16.6. The number of benzene rings is 1. The minimum absolute atomic E-state index is 0.0189. The second kappa shape index (κ2) is 9.58. The van der Waals surface area contributed by atoms with Gasteiger partial charge in [0.1, 0.15) is 19.3 Å². The topological polar surface area (TPSA) is 99.1 Å². The first-order chi connectivity index (χ1) is 10.9. The van der Waals surface area contributed by atoms with Crippen molar-refractivity contribution in [3.05, 3.63) is 35.9 Å². The fourth-order valence-electron chi connectivity index (χ4n) is 1.80. The molecule has 7 nitrogen and oxygen atoms in total. The van der Waals surface area contributed by atoms with Gasteiger partial charge in [0.25, 0.3) is 0 Å². The van der Waals surface area contributed by atoms with Gasteiger partial charge in [-0.1, -0.05) is 18.2 Å². The Bertz CT molecular complexity index is 526. The van der Waals surface area contributed by atoms with E-state index in [0.29, 0.717) is 5.56 Å². The summed E-state index contributed by atoms with van der Waals surface area (Å²) in [5, 5.41) is 9.88. The standard InChI is InChI=1S/C16H20O7/c1-11(17)21-10-15(23-12(2)18)8-14(19)9-22-16(20)13-6-4-3-5-7-13/h3-7,14-15,19H,8-10H2,1-2H3/t14-,15+/m1/s1. The van der Waals surface area contributed by atoms with E-state index in [4.69, 9.17) is 14.2 Å². The third-order valence-corrected chi connectivity index (χ3v) is 2.76. The molecule has 2 atom stereocenters. The Labute approximate surface area is 134 Å². The molecule has 0 unspecified atom stereocenters. The van der Waals surface area contributed by atoms with Gasteiger partial charge in [0.15, 0.2) is 0 Å². The molecular formula is C16H20O7. The fraction of sp³-hybridized carbons (Fsp3) is 0.438. The molecule has 0 aliphatic rings. The lowest BCUT2D eigenvalue weighted by atomic mass is 10.1. The van der Waals surface area contributed by atoms with E-state index in [2.05, 4.69) is 0 Å². The quantitative estimate of drug-likeness (QED) is 0.564. The first kappa shape index (κ1) is 18.6. The number of carbonyl (C=O) groups is 3. The van der Waals surface area contributed by atoms with Crippen LogP contribution in [0.3, 0.4) is 0 Å². The normalized spacial score (nSPS) is 12.8. The van der Waals surface area contributed by atoms with Crippen molar-refractivity contribution in [2.45, 2.75) is 32.5 Å². The lowest BCUT2D eigenvalue weighted by Crippen LogP contribution is -2.30. The number of aliphatic hydroxyl groups excluding tert-OH is 1. The predicted octanol–water partition coefficient (Wildman–Crippen LogP) is 1.09. The van der Waals surface area contributed by atoms with Crippen LogP contribution in [0, 0.1) is 0 Å². The summed E-state index contributed by atoms with van der Waals surface area (Å²) in [5.41, 5.74) is 0.371. The summed E-state index contributed by atoms with van der Waals surface area (Å²) in [6, 6.07) is 8.35. The highest BCUT2D eigenvalue weighted by Gasteiger charge is 2.20. The Morgan fingerprint density at radius 2 is 1.65 bits per heavy atom. The number of hydrogen-bond donors (Lipinski definition) is 1. The van der Waals surface area contributed by atoms with Gasteiger partial charge < -0.3 is 19.3 Å². The Morgan fingerprint density at radius 1 is 1.00 bits per heavy atom. The van der Waals surface area contributed by atoms with Crippen LogP contribution in [-0.4, -0.2) is 48.4 Å². The van der Waals surface area contributed by atoms with Crippen molar-refractivity contribution >= 4 is 17.9 Å². The molecule has 0 aliphatic heterocycles. The lowest BCUT2D eigenvalue weighted by Gasteiger charge is -2.19. The number of carbonyl (C=O) groups excluding carboxylic acids is 3. The summed E-state index contributed by atoms with van der Waals surface area (Å²) in [5.74, 6) is -1.64. The van der Waals surface area contributed by atoms with E-state index in [1.54, 1.807) is 30.3 Å². The van der Waals surface area contributed by atoms with Crippen LogP contribution in [-0.2, 0) is 23.8 Å². The molecule has 1 aromatic carbocycles. The van der Waals surface area contributed by atoms with Crippen LogP contribution in [0.2, 0.25) is 0 Å². The van der Waals surface area contributed by atoms with Crippen LogP contribution in [0.5, 0.6) is 0 Å². The molecule has 1 aromatic rings. The van der Waals surface area contributed by atoms with Crippen LogP contribution in [0.25, 0.3) is 0 Å². The molecule has 0 saturated carbocycles. The molecule has 126 valence electrons. The van der Waals surface area contributed by atoms with Gasteiger partial charge in [-0.2, -0.15) is 0 Å². The summed E-state index contributed by atoms with van der Waals surface area (Å²) in [6.07, 6.45) is -1.88. The summed E-state index contributed by atoms with van der Waals surface area (Å²) in [7, 11) is 0. The monoisotopic (exact) mass is 324 g/mol. The maximum atomic E-state index is 11.7. The third-order valence-electron chi connectivity index (χ3n) is 2.76. The smallest absolute Gasteiger partial charge is 0.338 e. The predicted molar refractivity (Wildman–Crippen MR) is 79.5 cm³/mol. The van der Waals surface area contributed by atoms with Crippen molar-refractivity contribution < 1.29 is 33.7 Å². The van der Waals surface area contributed by atoms with Crippen LogP contribution >= 0.6 is 0 Å². The molecule has 0 aromatic heterocycles. The average molecular weight is 324 g/mol. The molecule has 23 heavy (non-hydrogen) atoms. The van der Waals surface area contributed by atoms with E-state index in [9.17, 15) is 19.5 Å². The number of hydrogen-bond acceptors (Lipinski definition) is 7. The molecule has 0 spiro atoms. The van der Waals surface area contributed by atoms with Crippen LogP contribution in [0.4, 0.5) is 0 Å².